The molecule has 3 heteroatoms. The topological polar surface area (TPSA) is 24.4 Å². The molecular weight excluding hydrogens is 459 g/mol. The maximum absolute atomic E-state index is 5.19. The fourth-order valence-corrected chi connectivity index (χ4v) is 6.63. The summed E-state index contributed by atoms with van der Waals surface area (Å²) in [5, 5.41) is 6.09. The predicted molar refractivity (Wildman–Crippen MR) is 166 cm³/mol. The minimum atomic E-state index is 0.0878. The van der Waals surface area contributed by atoms with E-state index in [0.29, 0.717) is 0 Å². The molecule has 0 saturated carbocycles. The second kappa shape index (κ2) is 9.33. The fourth-order valence-electron chi connectivity index (χ4n) is 6.63. The average Bonchev–Trinajstić information content (AvgIpc) is 2.87. The summed E-state index contributed by atoms with van der Waals surface area (Å²) >= 11 is 0. The molecule has 0 aromatic heterocycles. The van der Waals surface area contributed by atoms with Gasteiger partial charge in [0.1, 0.15) is 5.84 Å². The van der Waals surface area contributed by atoms with Crippen molar-refractivity contribution in [3.05, 3.63) is 124 Å². The zero-order valence-electron chi connectivity index (χ0n) is 23.1. The third kappa shape index (κ3) is 4.03. The summed E-state index contributed by atoms with van der Waals surface area (Å²) in [6.07, 6.45) is 0. The van der Waals surface area contributed by atoms with E-state index in [4.69, 9.17) is 4.99 Å². The molecule has 0 unspecified atom stereocenters. The minimum Gasteiger partial charge on any atom is -0.339 e. The Morgan fingerprint density at radius 3 is 1.76 bits per heavy atom. The second-order valence-electron chi connectivity index (χ2n) is 10.9. The summed E-state index contributed by atoms with van der Waals surface area (Å²) in [5.41, 5.74) is 15.2. The first-order valence-corrected chi connectivity index (χ1v) is 13.4. The second-order valence-corrected chi connectivity index (χ2v) is 10.9. The number of amidine groups is 1. The standard InChI is InChI=1S/C35H33BN2/c1-21-17-23(3)33(24(4)18-21)36(34-25(5)19-22(2)20-26(34)6)29-14-8-7-13-28(29)35-37-30-15-9-11-27-12-10-16-31(38-35)32(27)30/h7-20H,1-6H3,(H,37,38). The van der Waals surface area contributed by atoms with E-state index in [1.807, 2.05) is 0 Å². The molecule has 0 spiro atoms. The fraction of sp³-hybridized carbons (Fsp3) is 0.171. The van der Waals surface area contributed by atoms with Gasteiger partial charge in [0.05, 0.1) is 5.69 Å². The van der Waals surface area contributed by atoms with Gasteiger partial charge in [0.15, 0.2) is 0 Å². The van der Waals surface area contributed by atoms with Crippen molar-refractivity contribution in [1.82, 2.24) is 0 Å². The number of nitrogens with one attached hydrogen (secondary N) is 1. The normalized spacial score (nSPS) is 12.3. The Morgan fingerprint density at radius 2 is 1.16 bits per heavy atom. The van der Waals surface area contributed by atoms with Gasteiger partial charge >= 0.3 is 0 Å². The highest BCUT2D eigenvalue weighted by Gasteiger charge is 2.31. The van der Waals surface area contributed by atoms with Crippen LogP contribution >= 0.6 is 0 Å². The van der Waals surface area contributed by atoms with Crippen LogP contribution in [-0.4, -0.2) is 12.5 Å². The highest BCUT2D eigenvalue weighted by atomic mass is 15.0. The molecule has 0 radical (unpaired) electrons. The lowest BCUT2D eigenvalue weighted by Gasteiger charge is -2.27. The van der Waals surface area contributed by atoms with Crippen LogP contribution in [0.2, 0.25) is 0 Å². The van der Waals surface area contributed by atoms with Crippen molar-refractivity contribution in [1.29, 1.82) is 0 Å². The van der Waals surface area contributed by atoms with E-state index >= 15 is 0 Å². The van der Waals surface area contributed by atoms with E-state index in [2.05, 4.69) is 132 Å². The van der Waals surface area contributed by atoms with E-state index < -0.39 is 0 Å². The SMILES string of the molecule is Cc1cc(C)c(B(c2ccccc2C2=Nc3cccc4cccc(c34)N2)c2c(C)cc(C)cc2C)c(C)c1. The summed E-state index contributed by atoms with van der Waals surface area (Å²) < 4.78 is 0. The third-order valence-electron chi connectivity index (χ3n) is 7.95. The molecule has 0 saturated heterocycles. The number of hydrogen-bond donors (Lipinski definition) is 1. The molecule has 2 nitrogen and oxygen atoms in total. The lowest BCUT2D eigenvalue weighted by Crippen LogP contribution is -2.57. The molecule has 38 heavy (non-hydrogen) atoms. The summed E-state index contributed by atoms with van der Waals surface area (Å²) in [6, 6.07) is 30.9. The van der Waals surface area contributed by atoms with Gasteiger partial charge in [0, 0.05) is 16.6 Å². The Morgan fingerprint density at radius 1 is 0.605 bits per heavy atom. The van der Waals surface area contributed by atoms with Crippen molar-refractivity contribution in [2.45, 2.75) is 41.5 Å². The lowest BCUT2D eigenvalue weighted by atomic mass is 9.33. The van der Waals surface area contributed by atoms with E-state index in [1.54, 1.807) is 0 Å². The van der Waals surface area contributed by atoms with Crippen LogP contribution < -0.4 is 21.7 Å². The Labute approximate surface area is 226 Å². The third-order valence-corrected chi connectivity index (χ3v) is 7.95. The van der Waals surface area contributed by atoms with Crippen LogP contribution in [0, 0.1) is 41.5 Å². The van der Waals surface area contributed by atoms with Gasteiger partial charge in [0.2, 0.25) is 6.71 Å². The van der Waals surface area contributed by atoms with Crippen LogP contribution in [0.1, 0.15) is 38.9 Å². The first kappa shape index (κ1) is 24.2. The summed E-state index contributed by atoms with van der Waals surface area (Å²) in [6.45, 7) is 13.5. The average molecular weight is 492 g/mol. The number of aryl methyl sites for hydroxylation is 6. The molecule has 6 rings (SSSR count). The Balaban J connectivity index is 1.63. The van der Waals surface area contributed by atoms with Crippen LogP contribution in [0.15, 0.2) is 89.9 Å². The van der Waals surface area contributed by atoms with Gasteiger partial charge < -0.3 is 5.32 Å². The first-order valence-electron chi connectivity index (χ1n) is 13.4. The molecule has 0 atom stereocenters. The Bertz CT molecular complexity index is 1650. The van der Waals surface area contributed by atoms with Crippen molar-refractivity contribution < 1.29 is 0 Å². The van der Waals surface area contributed by atoms with Crippen molar-refractivity contribution in [3.8, 4) is 0 Å². The number of aliphatic imine (C=N–C) groups is 1. The van der Waals surface area contributed by atoms with Crippen molar-refractivity contribution in [2.75, 3.05) is 5.32 Å². The summed E-state index contributed by atoms with van der Waals surface area (Å²) in [5.74, 6) is 0.904. The number of hydrogen-bond acceptors (Lipinski definition) is 2. The van der Waals surface area contributed by atoms with Gasteiger partial charge in [-0.15, -0.1) is 0 Å². The van der Waals surface area contributed by atoms with Crippen LogP contribution in [-0.2, 0) is 0 Å². The van der Waals surface area contributed by atoms with Gasteiger partial charge in [0.25, 0.3) is 0 Å². The molecule has 0 aliphatic carbocycles. The summed E-state index contributed by atoms with van der Waals surface area (Å²) in [7, 11) is 0. The van der Waals surface area contributed by atoms with E-state index in [1.165, 1.54) is 60.5 Å². The van der Waals surface area contributed by atoms with Gasteiger partial charge in [-0.25, -0.2) is 4.99 Å². The number of benzene rings is 5. The molecule has 1 aliphatic rings. The largest absolute Gasteiger partial charge is 0.339 e. The molecule has 186 valence electrons. The summed E-state index contributed by atoms with van der Waals surface area (Å²) in [4.78, 5) is 5.19. The molecule has 1 N–H and O–H groups in total. The number of anilines is 1. The smallest absolute Gasteiger partial charge is 0.243 e. The molecule has 1 aliphatic heterocycles. The van der Waals surface area contributed by atoms with Crippen LogP contribution in [0.25, 0.3) is 10.8 Å². The number of nitrogens with zero attached hydrogens (tertiary/aromatic N) is 1. The zero-order valence-corrected chi connectivity index (χ0v) is 23.1. The first-order chi connectivity index (χ1) is 18.3. The van der Waals surface area contributed by atoms with E-state index in [0.717, 1.165) is 22.8 Å². The van der Waals surface area contributed by atoms with Crippen LogP contribution in [0.3, 0.4) is 0 Å². The Hall–Kier alpha value is -4.11. The van der Waals surface area contributed by atoms with Crippen LogP contribution in [0.4, 0.5) is 11.4 Å². The highest BCUT2D eigenvalue weighted by Crippen LogP contribution is 2.36. The maximum Gasteiger partial charge on any atom is 0.243 e. The molecule has 0 amide bonds. The molecule has 0 bridgehead atoms. The van der Waals surface area contributed by atoms with Crippen molar-refractivity contribution in [2.24, 2.45) is 4.99 Å². The quantitative estimate of drug-likeness (QED) is 0.277. The van der Waals surface area contributed by atoms with Gasteiger partial charge in [-0.05, 0) is 59.1 Å². The van der Waals surface area contributed by atoms with Crippen molar-refractivity contribution in [3.63, 3.8) is 0 Å². The molecule has 5 aromatic carbocycles. The lowest BCUT2D eigenvalue weighted by molar-refractivity contribution is 1.34. The molecular formula is C35H33BN2. The monoisotopic (exact) mass is 492 g/mol. The van der Waals surface area contributed by atoms with Gasteiger partial charge in [-0.1, -0.05) is 123 Å². The van der Waals surface area contributed by atoms with Gasteiger partial charge in [-0.3, -0.25) is 0 Å². The molecule has 0 fully saturated rings. The van der Waals surface area contributed by atoms with Gasteiger partial charge in [-0.2, -0.15) is 0 Å². The van der Waals surface area contributed by atoms with E-state index in [9.17, 15) is 0 Å². The van der Waals surface area contributed by atoms with Crippen LogP contribution in [0.5, 0.6) is 0 Å². The molecule has 5 aromatic rings. The maximum atomic E-state index is 5.19. The molecule has 1 heterocycles. The highest BCUT2D eigenvalue weighted by molar-refractivity contribution is 6.97. The Kier molecular flexibility index (Phi) is 5.95. The van der Waals surface area contributed by atoms with Crippen molar-refractivity contribution >= 4 is 51.1 Å². The predicted octanol–water partition coefficient (Wildman–Crippen LogP) is 6.71. The minimum absolute atomic E-state index is 0.0878. The number of rotatable bonds is 4. The van der Waals surface area contributed by atoms with E-state index in [-0.39, 0.29) is 6.71 Å². The zero-order chi connectivity index (χ0) is 26.6.